The van der Waals surface area contributed by atoms with Crippen LogP contribution in [0.25, 0.3) is 68.3 Å². The molecule has 2 radical (unpaired) electrons. The summed E-state index contributed by atoms with van der Waals surface area (Å²) >= 11 is 0. The van der Waals surface area contributed by atoms with Crippen LogP contribution in [0.4, 0.5) is 0 Å². The number of aromatic nitrogens is 18. The summed E-state index contributed by atoms with van der Waals surface area (Å²) in [6.07, 6.45) is 11.5. The minimum absolute atomic E-state index is 0. The molecule has 36 nitrogen and oxygen atoms in total. The number of pyridine rings is 6. The van der Waals surface area contributed by atoms with Crippen molar-refractivity contribution < 1.29 is 130 Å². The van der Waals surface area contributed by atoms with Crippen LogP contribution >= 0.6 is 0 Å². The van der Waals surface area contributed by atoms with Crippen LogP contribution < -0.4 is 0 Å². The van der Waals surface area contributed by atoms with E-state index in [2.05, 4.69) is 29.9 Å². The van der Waals surface area contributed by atoms with Gasteiger partial charge in [-0.1, -0.05) is 36.4 Å². The molecule has 0 saturated carbocycles. The summed E-state index contributed by atoms with van der Waals surface area (Å²) in [7, 11) is -0.980. The Bertz CT molecular complexity index is 3700. The molecule has 0 bridgehead atoms. The first kappa shape index (κ1) is 78.4. The molecular formula is C54H54B2Eu2N22O14+2. The molecule has 482 valence electrons. The van der Waals surface area contributed by atoms with Crippen LogP contribution in [0.15, 0.2) is 183 Å². The molecule has 0 atom stereocenters. The third kappa shape index (κ3) is 23.4. The zero-order valence-corrected chi connectivity index (χ0v) is 55.0. The van der Waals surface area contributed by atoms with Crippen molar-refractivity contribution in [3.63, 3.8) is 0 Å². The first-order chi connectivity index (χ1) is 43.0. The SMILES string of the molecule is Cc1cccc(-c2ccn([B-](n3ccc(-c4cccc(C)n4)n3)n3ccc(-c4cccc(C)n4)n3)n2)n1.Cc1cccc(-c2ccn([B-](n3ccc(-c4cccc(C)n4)n3)n3ccc(-c4cccc(C)n4)n3)n2)n1.O=[N+]([O-])[O-].O=[N+]([O-])[O-].O=[N+]([O-])[O-].O=[N+]([O-])[O-].[Eu+3].[Eu+3].[OH3+].[OH3+]. The Morgan fingerprint density at radius 2 is 0.383 bits per heavy atom. The Balaban J connectivity index is 0.000000386. The Labute approximate surface area is 614 Å². The molecule has 12 rings (SSSR count). The third-order valence-corrected chi connectivity index (χ3v) is 12.0. The first-order valence-corrected chi connectivity index (χ1v) is 26.2. The average molecular weight is 1560 g/mol. The molecule has 0 unspecified atom stereocenters. The number of hydrogen-bond donors (Lipinski definition) is 0. The largest absolute Gasteiger partial charge is 3.00 e. The van der Waals surface area contributed by atoms with E-state index >= 15 is 0 Å². The summed E-state index contributed by atoms with van der Waals surface area (Å²) in [5.74, 6) is 0. The Kier molecular flexibility index (Phi) is 31.4. The summed E-state index contributed by atoms with van der Waals surface area (Å²) in [6.45, 7) is 11.8. The molecule has 0 fully saturated rings. The van der Waals surface area contributed by atoms with E-state index < -0.39 is 34.6 Å². The van der Waals surface area contributed by atoms with E-state index in [1.165, 1.54) is 0 Å². The third-order valence-electron chi connectivity index (χ3n) is 12.0. The van der Waals surface area contributed by atoms with Crippen molar-refractivity contribution in [2.24, 2.45) is 0 Å². The minimum Gasteiger partial charge on any atom is -0.457 e. The van der Waals surface area contributed by atoms with Gasteiger partial charge in [-0.2, -0.15) is 0 Å². The molecule has 0 aliphatic rings. The molecule has 0 saturated heterocycles. The van der Waals surface area contributed by atoms with Crippen molar-refractivity contribution in [3.8, 4) is 68.3 Å². The van der Waals surface area contributed by atoms with E-state index in [1.54, 1.807) is 0 Å². The molecule has 0 amide bonds. The molecule has 12 heterocycles. The van der Waals surface area contributed by atoms with Crippen LogP contribution in [0.1, 0.15) is 34.2 Å². The zero-order valence-electron chi connectivity index (χ0n) is 50.1. The maximum absolute atomic E-state index is 8.25. The molecular weight excluding hydrogens is 1510 g/mol. The normalized spacial score (nSPS) is 9.96. The quantitative estimate of drug-likeness (QED) is 0.0600. The predicted molar refractivity (Wildman–Crippen MR) is 336 cm³/mol. The Morgan fingerprint density at radius 3 is 0.500 bits per heavy atom. The number of rotatable bonds is 12. The van der Waals surface area contributed by atoms with Crippen molar-refractivity contribution in [2.75, 3.05) is 0 Å². The van der Waals surface area contributed by atoms with Crippen molar-refractivity contribution in [3.05, 3.63) is 278 Å². The van der Waals surface area contributed by atoms with Gasteiger partial charge in [0.1, 0.15) is 34.2 Å². The zero-order chi connectivity index (χ0) is 65.0. The molecule has 0 aromatic carbocycles. The smallest absolute Gasteiger partial charge is 0.457 e. The molecule has 6 N–H and O–H groups in total. The van der Waals surface area contributed by atoms with Crippen LogP contribution in [-0.2, 0) is 11.0 Å². The molecule has 12 aromatic heterocycles. The number of aryl methyl sites for hydroxylation is 6. The van der Waals surface area contributed by atoms with Gasteiger partial charge in [-0.15, -0.1) is 0 Å². The van der Waals surface area contributed by atoms with Crippen molar-refractivity contribution in [1.29, 1.82) is 0 Å². The fourth-order valence-electron chi connectivity index (χ4n) is 8.46. The number of nitrogens with zero attached hydrogens (tertiary/aromatic N) is 22. The van der Waals surface area contributed by atoms with Gasteiger partial charge in [0.2, 0.25) is 0 Å². The van der Waals surface area contributed by atoms with E-state index in [-0.39, 0.29) is 110 Å². The standard InChI is InChI=1S/2C27H24BN9.2Eu.4NO3.2H2O/c2*1-19-7-4-10-22(29-19)25-13-16-35(32-25)28(36-17-14-26(33-36)23-11-5-8-20(2)30-23)37-18-15-27(34-37)24-12-6-9-21(3)31-24;;;4*2-1(3)4;;/h2*4-18H,1-3H3;;;;;;;2*1H2/q2*-1;2*+3;4*-1;;/p+2. The van der Waals surface area contributed by atoms with Crippen molar-refractivity contribution in [1.82, 2.24) is 88.1 Å². The van der Waals surface area contributed by atoms with Gasteiger partial charge in [0, 0.05) is 34.2 Å². The van der Waals surface area contributed by atoms with Gasteiger partial charge < -0.3 is 99.8 Å². The Morgan fingerprint density at radius 1 is 0.255 bits per heavy atom. The van der Waals surface area contributed by atoms with Gasteiger partial charge in [0.25, 0.3) is 14.2 Å². The first-order valence-electron chi connectivity index (χ1n) is 26.2. The minimum atomic E-state index is -1.75. The predicted octanol–water partition coefficient (Wildman–Crippen LogP) is 5.83. The van der Waals surface area contributed by atoms with Gasteiger partial charge >= 0.3 is 98.8 Å². The molecule has 0 spiro atoms. The van der Waals surface area contributed by atoms with Gasteiger partial charge in [-0.3, -0.25) is 29.9 Å². The second-order valence-electron chi connectivity index (χ2n) is 18.7. The summed E-state index contributed by atoms with van der Waals surface area (Å²) < 4.78 is 11.0. The van der Waals surface area contributed by atoms with Crippen LogP contribution in [-0.4, -0.2) is 123 Å². The number of hydrogen-bond acceptors (Lipinski definition) is 24. The van der Waals surface area contributed by atoms with E-state index in [4.69, 9.17) is 91.9 Å². The van der Waals surface area contributed by atoms with E-state index in [0.717, 1.165) is 102 Å². The molecule has 12 aromatic rings. The second kappa shape index (κ2) is 37.6. The topological polar surface area (TPSA) is 515 Å². The maximum atomic E-state index is 8.25. The van der Waals surface area contributed by atoms with Gasteiger partial charge in [-0.05, 0) is 188 Å². The summed E-state index contributed by atoms with van der Waals surface area (Å²) in [6, 6.07) is 47.2. The molecule has 0 aliphatic carbocycles. The summed E-state index contributed by atoms with van der Waals surface area (Å²) in [5, 5.41) is 88.2. The van der Waals surface area contributed by atoms with Gasteiger partial charge in [0.05, 0.1) is 54.5 Å². The average Bonchev–Trinajstić information content (AvgIpc) is 1.65. The monoisotopic (exact) mass is 1560 g/mol. The van der Waals surface area contributed by atoms with Gasteiger partial charge in [-0.25, -0.2) is 30.6 Å². The van der Waals surface area contributed by atoms with Gasteiger partial charge in [0.15, 0.2) is 0 Å². The fourth-order valence-corrected chi connectivity index (χ4v) is 8.46. The maximum Gasteiger partial charge on any atom is 3.00 e. The van der Waals surface area contributed by atoms with Crippen molar-refractivity contribution >= 4 is 14.2 Å². The second-order valence-corrected chi connectivity index (χ2v) is 18.7. The van der Waals surface area contributed by atoms with Crippen LogP contribution in [0.2, 0.25) is 0 Å². The Hall–Kier alpha value is -9.82. The van der Waals surface area contributed by atoms with Crippen LogP contribution in [0.5, 0.6) is 0 Å². The summed E-state index contributed by atoms with van der Waals surface area (Å²) in [5.41, 5.74) is 15.1. The van der Waals surface area contributed by atoms with Crippen LogP contribution in [0, 0.1) is 202 Å². The fraction of sp³-hybridized carbons (Fsp3) is 0.111. The molecule has 0 aliphatic heterocycles. The van der Waals surface area contributed by atoms with E-state index in [9.17, 15) is 0 Å². The van der Waals surface area contributed by atoms with E-state index in [0.29, 0.717) is 0 Å². The summed E-state index contributed by atoms with van der Waals surface area (Å²) in [4.78, 5) is 60.8. The molecule has 94 heavy (non-hydrogen) atoms. The van der Waals surface area contributed by atoms with Crippen LogP contribution in [0.3, 0.4) is 0 Å². The molecule has 40 heteroatoms. The van der Waals surface area contributed by atoms with Crippen molar-refractivity contribution in [2.45, 2.75) is 41.5 Å². The van der Waals surface area contributed by atoms with E-state index in [1.807, 2.05) is 252 Å².